The molecule has 0 unspecified atom stereocenters. The fourth-order valence-corrected chi connectivity index (χ4v) is 7.18. The van der Waals surface area contributed by atoms with E-state index in [-0.39, 0.29) is 0 Å². The van der Waals surface area contributed by atoms with Gasteiger partial charge >= 0.3 is 0 Å². The zero-order valence-corrected chi connectivity index (χ0v) is 27.0. The molecule has 0 bridgehead atoms. The predicted molar refractivity (Wildman–Crippen MR) is 210 cm³/mol. The number of pyridine rings is 1. The van der Waals surface area contributed by atoms with Crippen LogP contribution in [0.15, 0.2) is 187 Å². The molecule has 2 heterocycles. The summed E-state index contributed by atoms with van der Waals surface area (Å²) in [6.45, 7) is 0. The summed E-state index contributed by atoms with van der Waals surface area (Å²) in [4.78, 5) is 6.53. The molecule has 0 N–H and O–H groups in total. The SMILES string of the molecule is [2H]c1c(-c2ccc(N(c3ccc(-c4ccc5cnccc5c4)cc3)c3ccc4c(c3)oc3cc5ccccc5cc34)cc2)ccc2ccccc12. The van der Waals surface area contributed by atoms with Crippen LogP contribution in [0.2, 0.25) is 0 Å². The summed E-state index contributed by atoms with van der Waals surface area (Å²) in [6.07, 6.45) is 3.74. The van der Waals surface area contributed by atoms with Crippen LogP contribution in [0.1, 0.15) is 1.37 Å². The maximum absolute atomic E-state index is 8.97. The molecule has 234 valence electrons. The van der Waals surface area contributed by atoms with E-state index in [0.717, 1.165) is 82.8 Å². The summed E-state index contributed by atoms with van der Waals surface area (Å²) >= 11 is 0. The molecule has 0 radical (unpaired) electrons. The largest absolute Gasteiger partial charge is 0.456 e. The average Bonchev–Trinajstić information content (AvgIpc) is 3.54. The third-order valence-electron chi connectivity index (χ3n) is 9.78. The van der Waals surface area contributed by atoms with Crippen molar-refractivity contribution in [3.05, 3.63) is 182 Å². The molecule has 0 saturated carbocycles. The third kappa shape index (κ3) is 4.87. The standard InChI is InChI=1S/C47H30N2O/c1-2-6-34-25-37(10-9-31(34)5-1)32-13-17-41(18-14-32)49(42-19-15-33(16-20-42)38-11-12-40-30-48-24-23-39(40)26-38)43-21-22-44-45-27-35-7-3-4-8-36(35)28-46(45)50-47(44)29-43/h1-30H/i25D. The smallest absolute Gasteiger partial charge is 0.137 e. The Morgan fingerprint density at radius 3 is 1.78 bits per heavy atom. The Kier molecular flexibility index (Phi) is 6.25. The van der Waals surface area contributed by atoms with E-state index < -0.39 is 0 Å². The molecule has 0 amide bonds. The van der Waals surface area contributed by atoms with Crippen LogP contribution >= 0.6 is 0 Å². The maximum atomic E-state index is 8.97. The van der Waals surface area contributed by atoms with Crippen molar-refractivity contribution in [1.82, 2.24) is 4.98 Å². The Balaban J connectivity index is 1.08. The summed E-state index contributed by atoms with van der Waals surface area (Å²) in [6, 6.07) is 57.9. The predicted octanol–water partition coefficient (Wildman–Crippen LogP) is 13.2. The number of benzene rings is 8. The highest BCUT2D eigenvalue weighted by atomic mass is 16.3. The Bertz CT molecular complexity index is 2930. The van der Waals surface area contributed by atoms with Crippen molar-refractivity contribution in [2.24, 2.45) is 0 Å². The van der Waals surface area contributed by atoms with Gasteiger partial charge in [0.2, 0.25) is 0 Å². The van der Waals surface area contributed by atoms with Gasteiger partial charge in [-0.15, -0.1) is 0 Å². The second kappa shape index (κ2) is 11.5. The summed E-state index contributed by atoms with van der Waals surface area (Å²) in [5.74, 6) is 0. The Morgan fingerprint density at radius 1 is 0.420 bits per heavy atom. The number of aromatic nitrogens is 1. The molecular weight excluding hydrogens is 609 g/mol. The minimum Gasteiger partial charge on any atom is -0.456 e. The fraction of sp³-hybridized carbons (Fsp3) is 0. The average molecular weight is 640 g/mol. The maximum Gasteiger partial charge on any atom is 0.137 e. The molecular formula is C47H30N2O. The van der Waals surface area contributed by atoms with Gasteiger partial charge in [-0.25, -0.2) is 0 Å². The van der Waals surface area contributed by atoms with E-state index in [2.05, 4.69) is 155 Å². The van der Waals surface area contributed by atoms with Crippen molar-refractivity contribution in [1.29, 1.82) is 0 Å². The van der Waals surface area contributed by atoms with Gasteiger partial charge in [-0.2, -0.15) is 0 Å². The lowest BCUT2D eigenvalue weighted by Crippen LogP contribution is -2.09. The summed E-state index contributed by atoms with van der Waals surface area (Å²) in [5, 5.41) is 8.90. The van der Waals surface area contributed by atoms with Crippen LogP contribution in [0.25, 0.3) is 76.5 Å². The van der Waals surface area contributed by atoms with Gasteiger partial charge in [-0.1, -0.05) is 97.1 Å². The lowest BCUT2D eigenvalue weighted by atomic mass is 10.0. The number of furan rings is 1. The van der Waals surface area contributed by atoms with Gasteiger partial charge in [0.05, 0.1) is 1.37 Å². The highest BCUT2D eigenvalue weighted by Crippen LogP contribution is 2.40. The highest BCUT2D eigenvalue weighted by molar-refractivity contribution is 6.11. The molecule has 0 aliphatic carbocycles. The molecule has 50 heavy (non-hydrogen) atoms. The van der Waals surface area contributed by atoms with E-state index in [9.17, 15) is 0 Å². The van der Waals surface area contributed by atoms with Gasteiger partial charge < -0.3 is 9.32 Å². The van der Waals surface area contributed by atoms with Crippen molar-refractivity contribution in [2.45, 2.75) is 0 Å². The Hall–Kier alpha value is -6.71. The lowest BCUT2D eigenvalue weighted by Gasteiger charge is -2.26. The van der Waals surface area contributed by atoms with Gasteiger partial charge in [0.25, 0.3) is 0 Å². The van der Waals surface area contributed by atoms with Crippen LogP contribution in [0.5, 0.6) is 0 Å². The van der Waals surface area contributed by atoms with Crippen LogP contribution in [0, 0.1) is 0 Å². The van der Waals surface area contributed by atoms with Gasteiger partial charge in [0.1, 0.15) is 11.2 Å². The van der Waals surface area contributed by atoms with Gasteiger partial charge in [0, 0.05) is 51.7 Å². The molecule has 0 spiro atoms. The van der Waals surface area contributed by atoms with E-state index in [0.29, 0.717) is 6.04 Å². The van der Waals surface area contributed by atoms with Crippen molar-refractivity contribution in [2.75, 3.05) is 4.90 Å². The summed E-state index contributed by atoms with van der Waals surface area (Å²) < 4.78 is 15.5. The zero-order chi connectivity index (χ0) is 33.9. The van der Waals surface area contributed by atoms with Crippen LogP contribution in [-0.4, -0.2) is 4.98 Å². The minimum atomic E-state index is 0.543. The zero-order valence-electron chi connectivity index (χ0n) is 28.0. The molecule has 0 saturated heterocycles. The normalized spacial score (nSPS) is 11.9. The number of hydrogen-bond donors (Lipinski definition) is 0. The van der Waals surface area contributed by atoms with Crippen molar-refractivity contribution in [3.8, 4) is 22.3 Å². The van der Waals surface area contributed by atoms with Crippen molar-refractivity contribution >= 4 is 71.3 Å². The number of hydrogen-bond acceptors (Lipinski definition) is 3. The molecule has 3 heteroatoms. The first-order valence-electron chi connectivity index (χ1n) is 17.3. The molecule has 0 fully saturated rings. The lowest BCUT2D eigenvalue weighted by molar-refractivity contribution is 0.669. The molecule has 10 aromatic rings. The van der Waals surface area contributed by atoms with Gasteiger partial charge in [-0.05, 0) is 116 Å². The third-order valence-corrected chi connectivity index (χ3v) is 9.78. The van der Waals surface area contributed by atoms with Gasteiger partial charge in [0.15, 0.2) is 0 Å². The molecule has 0 atom stereocenters. The van der Waals surface area contributed by atoms with Crippen LogP contribution in [0.3, 0.4) is 0 Å². The second-order valence-corrected chi connectivity index (χ2v) is 12.8. The molecule has 0 aliphatic heterocycles. The summed E-state index contributed by atoms with van der Waals surface area (Å²) in [5.41, 5.74) is 9.00. The number of anilines is 3. The first-order valence-corrected chi connectivity index (χ1v) is 16.8. The molecule has 0 aliphatic rings. The first-order chi connectivity index (χ1) is 25.2. The van der Waals surface area contributed by atoms with E-state index in [1.54, 1.807) is 0 Å². The Labute approximate surface area is 290 Å². The molecule has 10 rings (SSSR count). The first kappa shape index (κ1) is 27.3. The number of nitrogens with zero attached hydrogens (tertiary/aromatic N) is 2. The van der Waals surface area contributed by atoms with Crippen molar-refractivity contribution in [3.63, 3.8) is 0 Å². The minimum absolute atomic E-state index is 0.543. The van der Waals surface area contributed by atoms with Crippen LogP contribution < -0.4 is 4.90 Å². The fourth-order valence-electron chi connectivity index (χ4n) is 7.18. The van der Waals surface area contributed by atoms with Crippen LogP contribution in [-0.2, 0) is 0 Å². The molecule has 3 nitrogen and oxygen atoms in total. The summed E-state index contributed by atoms with van der Waals surface area (Å²) in [7, 11) is 0. The molecule has 2 aromatic heterocycles. The molecule has 8 aromatic carbocycles. The van der Waals surface area contributed by atoms with E-state index in [1.807, 2.05) is 30.6 Å². The highest BCUT2D eigenvalue weighted by Gasteiger charge is 2.17. The van der Waals surface area contributed by atoms with E-state index in [1.165, 1.54) is 10.8 Å². The topological polar surface area (TPSA) is 29.3 Å². The monoisotopic (exact) mass is 639 g/mol. The van der Waals surface area contributed by atoms with E-state index >= 15 is 0 Å². The number of rotatable bonds is 5. The Morgan fingerprint density at radius 2 is 1.00 bits per heavy atom. The second-order valence-electron chi connectivity index (χ2n) is 12.8. The number of fused-ring (bicyclic) bond motifs is 6. The van der Waals surface area contributed by atoms with E-state index in [4.69, 9.17) is 5.79 Å². The quantitative estimate of drug-likeness (QED) is 0.188. The van der Waals surface area contributed by atoms with Gasteiger partial charge in [-0.3, -0.25) is 4.98 Å². The van der Waals surface area contributed by atoms with Crippen LogP contribution in [0.4, 0.5) is 17.1 Å². The van der Waals surface area contributed by atoms with Crippen molar-refractivity contribution < 1.29 is 5.79 Å².